The smallest absolute Gasteiger partial charge is 0.433 e. The van der Waals surface area contributed by atoms with Crippen molar-refractivity contribution in [1.29, 1.82) is 0 Å². The molecule has 2 aromatic carbocycles. The Kier molecular flexibility index (Phi) is 11.1. The van der Waals surface area contributed by atoms with Crippen molar-refractivity contribution in [1.82, 2.24) is 20.0 Å². The number of nitrogens with zero attached hydrogens (tertiary/aromatic N) is 4. The third-order valence-electron chi connectivity index (χ3n) is 9.22. The Labute approximate surface area is 295 Å². The SMILES string of the molecule is CN1N(Cc2ccc(OCCCCC(=O)O)c(F)c2F)C(=O)C(C(=O)Nc2ccc(C(F)(F)F)cc2-c2cc(C(F)(F)F)ncn2)C(=O)C12CCCC2. The third-order valence-corrected chi connectivity index (χ3v) is 9.22. The number of halogens is 8. The molecule has 5 rings (SSSR count). The number of anilines is 1. The molecule has 284 valence electrons. The van der Waals surface area contributed by atoms with Gasteiger partial charge in [0.1, 0.15) is 12.0 Å². The average Bonchev–Trinajstić information content (AvgIpc) is 3.59. The largest absolute Gasteiger partial charge is 0.490 e. The third kappa shape index (κ3) is 8.08. The van der Waals surface area contributed by atoms with E-state index in [0.717, 1.165) is 23.2 Å². The van der Waals surface area contributed by atoms with Gasteiger partial charge in [0.05, 0.1) is 35.6 Å². The number of nitrogens with one attached hydrogen (secondary N) is 1. The van der Waals surface area contributed by atoms with Gasteiger partial charge < -0.3 is 15.2 Å². The Bertz CT molecular complexity index is 1910. The van der Waals surface area contributed by atoms with Crippen LogP contribution in [0, 0.1) is 17.6 Å². The molecule has 0 radical (unpaired) electrons. The van der Waals surface area contributed by atoms with Crippen LogP contribution in [-0.2, 0) is 38.1 Å². The van der Waals surface area contributed by atoms with Gasteiger partial charge in [-0.1, -0.05) is 18.9 Å². The molecule has 2 N–H and O–H groups in total. The number of ether oxygens (including phenoxy) is 1. The number of likely N-dealkylation sites (N-methyl/N-ethyl adjacent to an activating group) is 1. The van der Waals surface area contributed by atoms with Gasteiger partial charge in [-0.15, -0.1) is 0 Å². The highest BCUT2D eigenvalue weighted by Crippen LogP contribution is 2.43. The molecule has 2 aliphatic rings. The number of alkyl halides is 6. The molecule has 53 heavy (non-hydrogen) atoms. The summed E-state index contributed by atoms with van der Waals surface area (Å²) < 4.78 is 117. The van der Waals surface area contributed by atoms with Crippen LogP contribution in [0.2, 0.25) is 0 Å². The van der Waals surface area contributed by atoms with Gasteiger partial charge in [-0.2, -0.15) is 30.7 Å². The number of hydrazine groups is 1. The maximum Gasteiger partial charge on any atom is 0.433 e. The quantitative estimate of drug-likeness (QED) is 0.129. The fourth-order valence-corrected chi connectivity index (χ4v) is 6.45. The number of hydrogen-bond donors (Lipinski definition) is 2. The van der Waals surface area contributed by atoms with Gasteiger partial charge >= 0.3 is 18.3 Å². The van der Waals surface area contributed by atoms with Gasteiger partial charge in [-0.05, 0) is 56.0 Å². The number of carboxylic acid groups (broad SMARTS) is 1. The zero-order valence-electron chi connectivity index (χ0n) is 27.8. The first-order valence-electron chi connectivity index (χ1n) is 16.2. The van der Waals surface area contributed by atoms with E-state index in [1.165, 1.54) is 12.1 Å². The molecular weight excluding hydrogens is 726 g/mol. The predicted octanol–water partition coefficient (Wildman–Crippen LogP) is 6.42. The van der Waals surface area contributed by atoms with E-state index in [9.17, 15) is 45.5 Å². The van der Waals surface area contributed by atoms with E-state index in [1.54, 1.807) is 0 Å². The van der Waals surface area contributed by atoms with Gasteiger partial charge in [-0.25, -0.2) is 19.4 Å². The van der Waals surface area contributed by atoms with Crippen molar-refractivity contribution >= 4 is 29.3 Å². The van der Waals surface area contributed by atoms with Gasteiger partial charge in [0.2, 0.25) is 11.7 Å². The standard InChI is InChI=1S/C34H31F8N5O6/c1-46-32(11-3-4-12-32)29(50)26(31(52)47(46)16-18-7-10-23(28(36)27(18)35)53-13-5-2-6-25(48)49)30(51)45-21-9-8-19(33(37,38)39)14-20(21)22-15-24(34(40,41)42)44-17-43-22/h7-10,14-15,17,26H,2-6,11-13,16H2,1H3,(H,45,51)(H,48,49). The van der Waals surface area contributed by atoms with E-state index in [1.807, 2.05) is 0 Å². The van der Waals surface area contributed by atoms with Crippen molar-refractivity contribution < 1.29 is 64.1 Å². The fourth-order valence-electron chi connectivity index (χ4n) is 6.45. The number of carbonyl (C=O) groups is 4. The summed E-state index contributed by atoms with van der Waals surface area (Å²) in [5.74, 6) is -9.81. The number of rotatable bonds is 11. The number of carbonyl (C=O) groups excluding carboxylic acids is 3. The minimum absolute atomic E-state index is 0.112. The van der Waals surface area contributed by atoms with E-state index >= 15 is 8.78 Å². The Morgan fingerprint density at radius 3 is 2.30 bits per heavy atom. The van der Waals surface area contributed by atoms with Crippen LogP contribution in [0.4, 0.5) is 40.8 Å². The van der Waals surface area contributed by atoms with Gasteiger partial charge in [0, 0.05) is 24.6 Å². The van der Waals surface area contributed by atoms with E-state index in [4.69, 9.17) is 9.84 Å². The van der Waals surface area contributed by atoms with Crippen molar-refractivity contribution in [2.45, 2.75) is 69.4 Å². The Balaban J connectivity index is 1.46. The lowest BCUT2D eigenvalue weighted by atomic mass is 9.80. The van der Waals surface area contributed by atoms with Crippen LogP contribution < -0.4 is 10.1 Å². The molecule has 2 heterocycles. The lowest BCUT2D eigenvalue weighted by molar-refractivity contribution is -0.186. The maximum atomic E-state index is 15.4. The molecule has 1 spiro atoms. The van der Waals surface area contributed by atoms with Crippen molar-refractivity contribution in [3.05, 3.63) is 71.2 Å². The summed E-state index contributed by atoms with van der Waals surface area (Å²) >= 11 is 0. The minimum Gasteiger partial charge on any atom is -0.490 e. The highest BCUT2D eigenvalue weighted by molar-refractivity contribution is 6.25. The molecule has 11 nitrogen and oxygen atoms in total. The summed E-state index contributed by atoms with van der Waals surface area (Å²) in [6.45, 7) is -0.776. The molecule has 2 amide bonds. The summed E-state index contributed by atoms with van der Waals surface area (Å²) in [6, 6.07) is 4.33. The number of hydrogen-bond acceptors (Lipinski definition) is 8. The summed E-state index contributed by atoms with van der Waals surface area (Å²) in [7, 11) is 1.37. The number of Topliss-reactive ketones (excluding diaryl/α,β-unsaturated/α-hetero) is 1. The Morgan fingerprint density at radius 2 is 1.66 bits per heavy atom. The van der Waals surface area contributed by atoms with E-state index in [0.29, 0.717) is 37.4 Å². The van der Waals surface area contributed by atoms with Crippen LogP contribution in [0.15, 0.2) is 42.7 Å². The van der Waals surface area contributed by atoms with Gasteiger partial charge in [0.25, 0.3) is 5.91 Å². The second-order valence-corrected chi connectivity index (χ2v) is 12.5. The lowest BCUT2D eigenvalue weighted by Crippen LogP contribution is -2.69. The zero-order chi connectivity index (χ0) is 38.9. The molecule has 1 saturated carbocycles. The van der Waals surface area contributed by atoms with Crippen molar-refractivity contribution in [2.75, 3.05) is 19.0 Å². The molecule has 1 aromatic heterocycles. The van der Waals surface area contributed by atoms with Crippen LogP contribution >= 0.6 is 0 Å². The monoisotopic (exact) mass is 757 g/mol. The number of aliphatic carboxylic acids is 1. The van der Waals surface area contributed by atoms with Crippen LogP contribution in [0.5, 0.6) is 5.75 Å². The normalized spacial score (nSPS) is 17.8. The van der Waals surface area contributed by atoms with Crippen LogP contribution in [-0.4, -0.2) is 67.9 Å². The number of carboxylic acids is 1. The van der Waals surface area contributed by atoms with E-state index < -0.39 is 99.5 Å². The van der Waals surface area contributed by atoms with Crippen LogP contribution in [0.3, 0.4) is 0 Å². The fraction of sp³-hybridized carbons (Fsp3) is 0.412. The molecule has 3 aromatic rings. The second kappa shape index (κ2) is 15.0. The predicted molar refractivity (Wildman–Crippen MR) is 167 cm³/mol. The van der Waals surface area contributed by atoms with Crippen molar-refractivity contribution in [3.63, 3.8) is 0 Å². The molecule has 1 unspecified atom stereocenters. The highest BCUT2D eigenvalue weighted by atomic mass is 19.4. The average molecular weight is 758 g/mol. The second-order valence-electron chi connectivity index (χ2n) is 12.5. The van der Waals surface area contributed by atoms with Crippen LogP contribution in [0.1, 0.15) is 61.8 Å². The first-order chi connectivity index (χ1) is 24.8. The summed E-state index contributed by atoms with van der Waals surface area (Å²) in [5.41, 5.74) is -6.40. The lowest BCUT2D eigenvalue weighted by Gasteiger charge is -2.49. The first-order valence-corrected chi connectivity index (χ1v) is 16.2. The first kappa shape index (κ1) is 39.0. The van der Waals surface area contributed by atoms with Gasteiger partial charge in [-0.3, -0.25) is 24.2 Å². The number of amides is 2. The summed E-state index contributed by atoms with van der Waals surface area (Å²) in [6.07, 6.45) is -7.87. The molecule has 19 heteroatoms. The molecule has 1 aliphatic heterocycles. The summed E-state index contributed by atoms with van der Waals surface area (Å²) in [5, 5.41) is 13.1. The zero-order valence-corrected chi connectivity index (χ0v) is 27.8. The molecule has 2 fully saturated rings. The Hall–Kier alpha value is -5.20. The van der Waals surface area contributed by atoms with Gasteiger partial charge in [0.15, 0.2) is 23.3 Å². The number of benzene rings is 2. The maximum absolute atomic E-state index is 15.4. The van der Waals surface area contributed by atoms with Crippen molar-refractivity contribution in [2.24, 2.45) is 5.92 Å². The molecule has 1 atom stereocenters. The topological polar surface area (TPSA) is 142 Å². The van der Waals surface area contributed by atoms with Crippen molar-refractivity contribution in [3.8, 4) is 17.0 Å². The van der Waals surface area contributed by atoms with Crippen LogP contribution in [0.25, 0.3) is 11.3 Å². The summed E-state index contributed by atoms with van der Waals surface area (Å²) in [4.78, 5) is 59.3. The number of unbranched alkanes of at least 4 members (excludes halogenated alkanes) is 1. The number of aromatic nitrogens is 2. The molecular formula is C34H31F8N5O6. The Morgan fingerprint density at radius 1 is 0.962 bits per heavy atom. The molecule has 1 aliphatic carbocycles. The number of ketones is 1. The molecule has 1 saturated heterocycles. The van der Waals surface area contributed by atoms with E-state index in [-0.39, 0.29) is 44.3 Å². The minimum atomic E-state index is -5.01. The van der Waals surface area contributed by atoms with E-state index in [2.05, 4.69) is 15.3 Å². The molecule has 0 bridgehead atoms. The highest BCUT2D eigenvalue weighted by Gasteiger charge is 2.58.